The number of nitriles is 1. The van der Waals surface area contributed by atoms with Crippen LogP contribution in [-0.2, 0) is 19.1 Å². The van der Waals surface area contributed by atoms with Crippen LogP contribution in [-0.4, -0.2) is 50.3 Å². The number of hydrogen-bond acceptors (Lipinski definition) is 11. The monoisotopic (exact) mass is 791 g/mol. The summed E-state index contributed by atoms with van der Waals surface area (Å²) in [5.41, 5.74) is 5.29. The summed E-state index contributed by atoms with van der Waals surface area (Å²) in [6.45, 7) is 4.72. The maximum absolute atomic E-state index is 13.2. The zero-order valence-corrected chi connectivity index (χ0v) is 32.7. The number of rotatable bonds is 16. The Morgan fingerprint density at radius 2 is 0.966 bits per heavy atom. The number of carbonyl (C=O) groups is 4. The predicted molar refractivity (Wildman–Crippen MR) is 217 cm³/mol. The molecule has 11 heteroatoms. The number of esters is 4. The SMILES string of the molecule is CCC(=O)OCCCOc1ccc(C(=O)Oc2ccc3c(c2)C(C#Cc2ccc(C#N)cc2)c2cc(OC(=O)c4ccc(OCCCOC(=O)CC)cc4)ccc2-3)cc1. The Balaban J connectivity index is 1.15. The summed E-state index contributed by atoms with van der Waals surface area (Å²) < 4.78 is 33.2. The highest BCUT2D eigenvalue weighted by molar-refractivity contribution is 5.92. The molecular formula is C48H41NO10. The molecule has 0 unspecified atom stereocenters. The largest absolute Gasteiger partial charge is 0.493 e. The van der Waals surface area contributed by atoms with Crippen LogP contribution < -0.4 is 18.9 Å². The number of nitrogens with zero attached hydrogens (tertiary/aromatic N) is 1. The number of benzene rings is 5. The maximum atomic E-state index is 13.2. The van der Waals surface area contributed by atoms with Gasteiger partial charge in [0.15, 0.2) is 0 Å². The molecular weight excluding hydrogens is 751 g/mol. The van der Waals surface area contributed by atoms with Crippen LogP contribution in [0.3, 0.4) is 0 Å². The van der Waals surface area contributed by atoms with Crippen LogP contribution in [0.5, 0.6) is 23.0 Å². The Kier molecular flexibility index (Phi) is 14.1. The normalized spacial score (nSPS) is 11.1. The molecule has 1 aliphatic carbocycles. The first-order valence-corrected chi connectivity index (χ1v) is 19.3. The van der Waals surface area contributed by atoms with Crippen LogP contribution >= 0.6 is 0 Å². The Morgan fingerprint density at radius 3 is 1.39 bits per heavy atom. The van der Waals surface area contributed by atoms with Crippen molar-refractivity contribution < 1.29 is 47.6 Å². The molecule has 0 saturated carbocycles. The van der Waals surface area contributed by atoms with E-state index in [1.54, 1.807) is 111 Å². The van der Waals surface area contributed by atoms with E-state index in [1.165, 1.54) is 0 Å². The minimum atomic E-state index is -0.554. The van der Waals surface area contributed by atoms with Gasteiger partial charge in [-0.2, -0.15) is 5.26 Å². The summed E-state index contributed by atoms with van der Waals surface area (Å²) in [6.07, 6.45) is 1.73. The van der Waals surface area contributed by atoms with E-state index in [0.29, 0.717) is 84.1 Å². The minimum absolute atomic E-state index is 0.256. The van der Waals surface area contributed by atoms with Crippen molar-refractivity contribution in [2.45, 2.75) is 45.4 Å². The second-order valence-corrected chi connectivity index (χ2v) is 13.3. The van der Waals surface area contributed by atoms with Crippen LogP contribution in [0.25, 0.3) is 11.1 Å². The van der Waals surface area contributed by atoms with Gasteiger partial charge in [-0.05, 0) is 119 Å². The first-order chi connectivity index (χ1) is 28.7. The average molecular weight is 792 g/mol. The van der Waals surface area contributed by atoms with Crippen molar-refractivity contribution in [2.24, 2.45) is 0 Å². The van der Waals surface area contributed by atoms with E-state index < -0.39 is 17.9 Å². The van der Waals surface area contributed by atoms with Crippen molar-refractivity contribution in [3.8, 4) is 52.0 Å². The third-order valence-corrected chi connectivity index (χ3v) is 9.15. The van der Waals surface area contributed by atoms with Crippen LogP contribution in [0.2, 0.25) is 0 Å². The smallest absolute Gasteiger partial charge is 0.343 e. The van der Waals surface area contributed by atoms with Gasteiger partial charge < -0.3 is 28.4 Å². The molecule has 0 heterocycles. The summed E-state index contributed by atoms with van der Waals surface area (Å²) in [5.74, 6) is 6.27. The maximum Gasteiger partial charge on any atom is 0.343 e. The second-order valence-electron chi connectivity index (χ2n) is 13.3. The molecule has 11 nitrogen and oxygen atoms in total. The summed E-state index contributed by atoms with van der Waals surface area (Å²) in [7, 11) is 0. The molecule has 0 amide bonds. The van der Waals surface area contributed by atoms with Gasteiger partial charge in [-0.25, -0.2) is 9.59 Å². The lowest BCUT2D eigenvalue weighted by Crippen LogP contribution is -2.09. The fourth-order valence-electron chi connectivity index (χ4n) is 6.06. The zero-order valence-electron chi connectivity index (χ0n) is 32.7. The van der Waals surface area contributed by atoms with Crippen LogP contribution in [0.15, 0.2) is 109 Å². The molecule has 298 valence electrons. The van der Waals surface area contributed by atoms with Gasteiger partial charge in [0.1, 0.15) is 23.0 Å². The molecule has 0 radical (unpaired) electrons. The Labute approximate surface area is 342 Å². The van der Waals surface area contributed by atoms with Crippen LogP contribution in [0.1, 0.15) is 88.4 Å². The highest BCUT2D eigenvalue weighted by Gasteiger charge is 2.29. The van der Waals surface area contributed by atoms with E-state index >= 15 is 0 Å². The fraction of sp³-hybridized carbons (Fsp3) is 0.229. The lowest BCUT2D eigenvalue weighted by atomic mass is 9.96. The molecule has 0 fully saturated rings. The lowest BCUT2D eigenvalue weighted by molar-refractivity contribution is -0.144. The number of fused-ring (bicyclic) bond motifs is 3. The standard InChI is InChI=1S/C48H41NO10/c1-3-45(50)56-27-5-25-54-36-16-12-34(13-17-36)47(52)58-38-20-23-40-41-24-21-39(30-44(41)42(43(40)29-38)22-11-32-7-9-33(31-49)10-8-32)59-48(53)35-14-18-37(19-15-35)55-26-6-28-57-46(51)4-2/h7-10,12-21,23-24,29-30,42H,3-6,25-28H2,1-2H3. The predicted octanol–water partition coefficient (Wildman–Crippen LogP) is 8.60. The first-order valence-electron chi connectivity index (χ1n) is 19.3. The third kappa shape index (κ3) is 11.1. The van der Waals surface area contributed by atoms with Crippen molar-refractivity contribution in [3.05, 3.63) is 143 Å². The summed E-state index contributed by atoms with van der Waals surface area (Å²) in [4.78, 5) is 49.1. The summed E-state index contributed by atoms with van der Waals surface area (Å²) in [5, 5.41) is 9.24. The highest BCUT2D eigenvalue weighted by Crippen LogP contribution is 2.47. The van der Waals surface area contributed by atoms with E-state index in [9.17, 15) is 24.4 Å². The van der Waals surface area contributed by atoms with Crippen molar-refractivity contribution in [1.29, 1.82) is 5.26 Å². The summed E-state index contributed by atoms with van der Waals surface area (Å²) >= 11 is 0. The third-order valence-electron chi connectivity index (χ3n) is 9.15. The molecule has 59 heavy (non-hydrogen) atoms. The van der Waals surface area contributed by atoms with Crippen molar-refractivity contribution in [3.63, 3.8) is 0 Å². The summed E-state index contributed by atoms with van der Waals surface area (Å²) in [6, 6.07) is 33.0. The second kappa shape index (κ2) is 20.2. The van der Waals surface area contributed by atoms with Crippen molar-refractivity contribution in [2.75, 3.05) is 26.4 Å². The van der Waals surface area contributed by atoms with E-state index in [2.05, 4.69) is 17.9 Å². The fourth-order valence-corrected chi connectivity index (χ4v) is 6.06. The van der Waals surface area contributed by atoms with Gasteiger partial charge in [-0.15, -0.1) is 0 Å². The topological polar surface area (TPSA) is 147 Å². The Bertz CT molecular complexity index is 2270. The minimum Gasteiger partial charge on any atom is -0.493 e. The molecule has 0 N–H and O–H groups in total. The molecule has 6 rings (SSSR count). The van der Waals surface area contributed by atoms with Gasteiger partial charge >= 0.3 is 23.9 Å². The molecule has 0 aliphatic heterocycles. The molecule has 1 aliphatic rings. The van der Waals surface area contributed by atoms with E-state index in [-0.39, 0.29) is 25.2 Å². The average Bonchev–Trinajstić information content (AvgIpc) is 3.57. The van der Waals surface area contributed by atoms with Gasteiger partial charge in [0, 0.05) is 31.2 Å². The molecule has 5 aromatic carbocycles. The van der Waals surface area contributed by atoms with E-state index in [0.717, 1.165) is 22.3 Å². The molecule has 0 bridgehead atoms. The van der Waals surface area contributed by atoms with Gasteiger partial charge in [-0.1, -0.05) is 37.8 Å². The lowest BCUT2D eigenvalue weighted by Gasteiger charge is -2.11. The van der Waals surface area contributed by atoms with Gasteiger partial charge in [-0.3, -0.25) is 9.59 Å². The van der Waals surface area contributed by atoms with Gasteiger partial charge in [0.2, 0.25) is 0 Å². The highest BCUT2D eigenvalue weighted by atomic mass is 16.5. The van der Waals surface area contributed by atoms with Crippen LogP contribution in [0, 0.1) is 23.2 Å². The first kappa shape index (κ1) is 41.3. The van der Waals surface area contributed by atoms with Crippen molar-refractivity contribution in [1.82, 2.24) is 0 Å². The van der Waals surface area contributed by atoms with Gasteiger partial charge in [0.05, 0.1) is 55.1 Å². The molecule has 5 aromatic rings. The Morgan fingerprint density at radius 1 is 0.542 bits per heavy atom. The molecule has 0 spiro atoms. The number of hydrogen-bond donors (Lipinski definition) is 0. The Hall–Kier alpha value is -7.37. The van der Waals surface area contributed by atoms with Crippen LogP contribution in [0.4, 0.5) is 0 Å². The number of ether oxygens (including phenoxy) is 6. The number of carbonyl (C=O) groups excluding carboxylic acids is 4. The van der Waals surface area contributed by atoms with E-state index in [1.807, 2.05) is 12.1 Å². The quantitative estimate of drug-likeness (QED) is 0.0410. The van der Waals surface area contributed by atoms with Gasteiger partial charge in [0.25, 0.3) is 0 Å². The molecule has 0 atom stereocenters. The zero-order chi connectivity index (χ0) is 41.6. The molecule has 0 aromatic heterocycles. The van der Waals surface area contributed by atoms with Crippen molar-refractivity contribution >= 4 is 23.9 Å². The molecule has 0 saturated heterocycles. The van der Waals surface area contributed by atoms with E-state index in [4.69, 9.17) is 28.4 Å².